The van der Waals surface area contributed by atoms with E-state index in [-0.39, 0.29) is 32.5 Å². The predicted octanol–water partition coefficient (Wildman–Crippen LogP) is 2.25. The molecule has 0 spiro atoms. The summed E-state index contributed by atoms with van der Waals surface area (Å²) in [7, 11) is 0. The van der Waals surface area contributed by atoms with Crippen LogP contribution in [0.15, 0.2) is 0 Å². The highest BCUT2D eigenvalue weighted by molar-refractivity contribution is 6.29. The van der Waals surface area contributed by atoms with E-state index in [1.54, 1.807) is 27.7 Å². The Balaban J connectivity index is 4.21. The first-order valence-electron chi connectivity index (χ1n) is 9.03. The molecule has 156 valence electrons. The van der Waals surface area contributed by atoms with Gasteiger partial charge in [0, 0.05) is 6.42 Å². The molecular weight excluding hydrogens is 360 g/mol. The second-order valence-electron chi connectivity index (χ2n) is 6.51. The predicted molar refractivity (Wildman–Crippen MR) is 93.2 cm³/mol. The van der Waals surface area contributed by atoms with Gasteiger partial charge in [-0.3, -0.25) is 9.68 Å². The van der Waals surface area contributed by atoms with Crippen molar-refractivity contribution in [3.63, 3.8) is 0 Å². The van der Waals surface area contributed by atoms with E-state index >= 15 is 0 Å². The van der Waals surface area contributed by atoms with Gasteiger partial charge in [-0.25, -0.2) is 14.4 Å². The van der Waals surface area contributed by atoms with Crippen LogP contribution in [-0.4, -0.2) is 48.8 Å². The van der Waals surface area contributed by atoms with Gasteiger partial charge in [-0.1, -0.05) is 13.3 Å². The number of unbranched alkanes of at least 4 members (excludes halogenated alkanes) is 1. The number of rotatable bonds is 12. The lowest BCUT2D eigenvalue weighted by Crippen LogP contribution is -2.34. The van der Waals surface area contributed by atoms with E-state index in [0.717, 1.165) is 6.42 Å². The van der Waals surface area contributed by atoms with Gasteiger partial charge in [-0.15, -0.1) is 0 Å². The zero-order valence-electron chi connectivity index (χ0n) is 16.7. The molecule has 0 aromatic carbocycles. The van der Waals surface area contributed by atoms with Crippen LogP contribution in [0.1, 0.15) is 66.7 Å². The Morgan fingerprint density at radius 1 is 0.926 bits per heavy atom. The van der Waals surface area contributed by atoms with E-state index in [1.165, 1.54) is 0 Å². The van der Waals surface area contributed by atoms with Gasteiger partial charge in [-0.2, -0.15) is 4.89 Å². The van der Waals surface area contributed by atoms with Crippen molar-refractivity contribution in [1.29, 1.82) is 0 Å². The van der Waals surface area contributed by atoms with E-state index in [2.05, 4.69) is 4.89 Å². The number of carbonyl (C=O) groups excluding carboxylic acids is 4. The molecule has 9 heteroatoms. The van der Waals surface area contributed by atoms with E-state index in [0.29, 0.717) is 6.42 Å². The van der Waals surface area contributed by atoms with Crippen molar-refractivity contribution in [2.75, 3.05) is 13.2 Å². The summed E-state index contributed by atoms with van der Waals surface area (Å²) in [5.41, 5.74) is -0.981. The zero-order chi connectivity index (χ0) is 20.9. The molecule has 0 aliphatic heterocycles. The van der Waals surface area contributed by atoms with Gasteiger partial charge in [0.1, 0.15) is 11.7 Å². The Hall–Kier alpha value is -2.16. The molecule has 0 saturated heterocycles. The number of esters is 3. The first-order valence-corrected chi connectivity index (χ1v) is 9.03. The summed E-state index contributed by atoms with van der Waals surface area (Å²) in [5.74, 6) is -3.35. The van der Waals surface area contributed by atoms with Gasteiger partial charge in [0.2, 0.25) is 0 Å². The van der Waals surface area contributed by atoms with Gasteiger partial charge in [0.25, 0.3) is 0 Å². The molecule has 0 heterocycles. The summed E-state index contributed by atoms with van der Waals surface area (Å²) in [5, 5.41) is 0. The van der Waals surface area contributed by atoms with Crippen LogP contribution in [0.25, 0.3) is 0 Å². The molecule has 0 aliphatic carbocycles. The van der Waals surface area contributed by atoms with Crippen LogP contribution < -0.4 is 0 Å². The van der Waals surface area contributed by atoms with Crippen LogP contribution in [0, 0.1) is 0 Å². The second kappa shape index (κ2) is 13.1. The molecule has 0 aromatic rings. The molecule has 1 unspecified atom stereocenters. The minimum Gasteiger partial charge on any atom is -0.466 e. The Bertz CT molecular complexity index is 499. The fourth-order valence-corrected chi connectivity index (χ4v) is 2.01. The summed E-state index contributed by atoms with van der Waals surface area (Å²) < 4.78 is 14.5. The van der Waals surface area contributed by atoms with Crippen molar-refractivity contribution in [1.82, 2.24) is 0 Å². The largest absolute Gasteiger partial charge is 0.466 e. The number of carbonyl (C=O) groups is 4. The summed E-state index contributed by atoms with van der Waals surface area (Å²) in [4.78, 5) is 55.6. The number of hydrogen-bond acceptors (Lipinski definition) is 9. The summed E-state index contributed by atoms with van der Waals surface area (Å²) in [6.45, 7) is 8.81. The van der Waals surface area contributed by atoms with E-state index in [4.69, 9.17) is 19.1 Å². The quantitative estimate of drug-likeness (QED) is 0.124. The van der Waals surface area contributed by atoms with Crippen molar-refractivity contribution in [3.8, 4) is 0 Å². The molecule has 27 heavy (non-hydrogen) atoms. The molecule has 0 amide bonds. The maximum absolute atomic E-state index is 11.6. The number of hydrogen-bond donors (Lipinski definition) is 0. The third-order valence-corrected chi connectivity index (χ3v) is 3.18. The average Bonchev–Trinajstić information content (AvgIpc) is 2.58. The molecule has 9 nitrogen and oxygen atoms in total. The molecule has 0 saturated carbocycles. The Labute approximate surface area is 159 Å². The van der Waals surface area contributed by atoms with Crippen LogP contribution in [-0.2, 0) is 43.2 Å². The maximum Gasteiger partial charge on any atom is 0.417 e. The summed E-state index contributed by atoms with van der Waals surface area (Å²) in [6.07, 6.45) is 0.698. The van der Waals surface area contributed by atoms with Gasteiger partial charge >= 0.3 is 23.9 Å². The van der Waals surface area contributed by atoms with Gasteiger partial charge < -0.3 is 14.2 Å². The first-order chi connectivity index (χ1) is 12.6. The van der Waals surface area contributed by atoms with Crippen molar-refractivity contribution >= 4 is 23.9 Å². The van der Waals surface area contributed by atoms with E-state index in [1.807, 2.05) is 6.92 Å². The minimum atomic E-state index is -1.08. The van der Waals surface area contributed by atoms with Crippen LogP contribution in [0.2, 0.25) is 0 Å². The summed E-state index contributed by atoms with van der Waals surface area (Å²) in [6, 6.07) is 0. The van der Waals surface area contributed by atoms with Crippen molar-refractivity contribution in [2.24, 2.45) is 0 Å². The maximum atomic E-state index is 11.6. The van der Waals surface area contributed by atoms with Crippen LogP contribution in [0.4, 0.5) is 0 Å². The van der Waals surface area contributed by atoms with Crippen molar-refractivity contribution in [2.45, 2.75) is 78.4 Å². The van der Waals surface area contributed by atoms with Crippen LogP contribution in [0.3, 0.4) is 0 Å². The van der Waals surface area contributed by atoms with Gasteiger partial charge in [-0.05, 0) is 34.1 Å². The van der Waals surface area contributed by atoms with Crippen LogP contribution >= 0.6 is 0 Å². The van der Waals surface area contributed by atoms with Crippen molar-refractivity contribution < 1.29 is 43.2 Å². The Morgan fingerprint density at radius 3 is 2.15 bits per heavy atom. The Morgan fingerprint density at radius 2 is 1.56 bits per heavy atom. The Kier molecular flexibility index (Phi) is 12.0. The molecular formula is C18H30O9. The molecule has 0 aromatic heterocycles. The standard InChI is InChI=1S/C18H30O9/c1-6-8-11-24-16(21)17(22)25-13(3)12-18(4,5)27-26-15(20)10-9-14(19)23-7-2/h13H,6-12H2,1-5H3. The third kappa shape index (κ3) is 12.8. The summed E-state index contributed by atoms with van der Waals surface area (Å²) >= 11 is 0. The van der Waals surface area contributed by atoms with Crippen LogP contribution in [0.5, 0.6) is 0 Å². The molecule has 0 aliphatic rings. The topological polar surface area (TPSA) is 114 Å². The fraction of sp³-hybridized carbons (Fsp3) is 0.778. The highest BCUT2D eigenvalue weighted by atomic mass is 17.2. The third-order valence-electron chi connectivity index (χ3n) is 3.18. The second-order valence-corrected chi connectivity index (χ2v) is 6.51. The normalized spacial score (nSPS) is 12.0. The molecule has 0 rings (SSSR count). The molecule has 0 fully saturated rings. The lowest BCUT2D eigenvalue weighted by atomic mass is 10.0. The monoisotopic (exact) mass is 390 g/mol. The smallest absolute Gasteiger partial charge is 0.417 e. The highest BCUT2D eigenvalue weighted by Gasteiger charge is 2.29. The van der Waals surface area contributed by atoms with Gasteiger partial charge in [0.05, 0.1) is 26.1 Å². The zero-order valence-corrected chi connectivity index (χ0v) is 16.7. The highest BCUT2D eigenvalue weighted by Crippen LogP contribution is 2.19. The fourth-order valence-electron chi connectivity index (χ4n) is 2.01. The first kappa shape index (κ1) is 24.8. The average molecular weight is 390 g/mol. The molecule has 1 atom stereocenters. The number of ether oxygens (including phenoxy) is 3. The van der Waals surface area contributed by atoms with Crippen molar-refractivity contribution in [3.05, 3.63) is 0 Å². The molecule has 0 bridgehead atoms. The SMILES string of the molecule is CCCCOC(=O)C(=O)OC(C)CC(C)(C)OOC(=O)CCC(=O)OCC. The van der Waals surface area contributed by atoms with E-state index < -0.39 is 35.6 Å². The lowest BCUT2D eigenvalue weighted by Gasteiger charge is -2.25. The molecule has 0 radical (unpaired) electrons. The minimum absolute atomic E-state index is 0.107. The molecule has 0 N–H and O–H groups in total. The van der Waals surface area contributed by atoms with Gasteiger partial charge in [0.15, 0.2) is 0 Å². The van der Waals surface area contributed by atoms with E-state index in [9.17, 15) is 19.2 Å². The lowest BCUT2D eigenvalue weighted by molar-refractivity contribution is -0.329.